The Hall–Kier alpha value is -1.07. The number of hydrogen-bond donors (Lipinski definition) is 0. The minimum atomic E-state index is -2.98. The molecule has 0 aliphatic heterocycles. The summed E-state index contributed by atoms with van der Waals surface area (Å²) in [5, 5.41) is 0. The Labute approximate surface area is 97.3 Å². The Morgan fingerprint density at radius 3 is 2.24 bits per heavy atom. The fraction of sp³-hybridized carbons (Fsp3) is 0.455. The second-order valence-corrected chi connectivity index (χ2v) is 3.87. The number of allylic oxidation sites excluding steroid dienone is 6. The van der Waals surface area contributed by atoms with Crippen LogP contribution in [-0.4, -0.2) is 13.5 Å². The molecule has 1 aliphatic carbocycles. The summed E-state index contributed by atoms with van der Waals surface area (Å²) >= 11 is 0. The normalized spacial score (nSPS) is 31.2. The highest BCUT2D eigenvalue weighted by atomic mass is 19.2. The van der Waals surface area contributed by atoms with Gasteiger partial charge in [0, 0.05) is 0 Å². The molecule has 0 bridgehead atoms. The highest BCUT2D eigenvalue weighted by Crippen LogP contribution is 2.49. The van der Waals surface area contributed by atoms with Gasteiger partial charge in [0.15, 0.2) is 23.1 Å². The van der Waals surface area contributed by atoms with E-state index in [-0.39, 0.29) is 11.9 Å². The molecule has 0 aromatic rings. The minimum absolute atomic E-state index is 0.0368. The Morgan fingerprint density at radius 2 is 1.82 bits per heavy atom. The zero-order valence-electron chi connectivity index (χ0n) is 9.33. The highest BCUT2D eigenvalue weighted by Gasteiger charge is 2.50. The molecule has 0 N–H and O–H groups in total. The molecule has 0 spiro atoms. The Bertz CT molecular complexity index is 420. The van der Waals surface area contributed by atoms with E-state index in [0.717, 1.165) is 0 Å². The van der Waals surface area contributed by atoms with E-state index in [9.17, 15) is 22.0 Å². The van der Waals surface area contributed by atoms with Gasteiger partial charge in [-0.1, -0.05) is 18.0 Å². The number of alkyl halides is 1. The van der Waals surface area contributed by atoms with Gasteiger partial charge in [-0.15, -0.1) is 0 Å². The molecular formula is C11H10BF5. The second kappa shape index (κ2) is 4.66. The van der Waals surface area contributed by atoms with Crippen molar-refractivity contribution in [3.63, 3.8) is 0 Å². The molecule has 0 fully saturated rings. The van der Waals surface area contributed by atoms with Crippen LogP contribution < -0.4 is 0 Å². The Kier molecular flexibility index (Phi) is 3.84. The van der Waals surface area contributed by atoms with Crippen molar-refractivity contribution in [2.24, 2.45) is 5.92 Å². The number of rotatable bonds is 2. The lowest BCUT2D eigenvalue weighted by molar-refractivity contribution is 0.122. The van der Waals surface area contributed by atoms with Gasteiger partial charge < -0.3 is 0 Å². The van der Waals surface area contributed by atoms with Crippen LogP contribution in [0.3, 0.4) is 0 Å². The predicted molar refractivity (Wildman–Crippen MR) is 55.8 cm³/mol. The summed E-state index contributed by atoms with van der Waals surface area (Å²) in [6.07, 6.45) is 0.974. The number of halogens is 5. The van der Waals surface area contributed by atoms with Crippen molar-refractivity contribution in [3.05, 3.63) is 35.0 Å². The molecule has 0 heterocycles. The fourth-order valence-electron chi connectivity index (χ4n) is 1.82. The van der Waals surface area contributed by atoms with E-state index in [1.54, 1.807) is 0 Å². The van der Waals surface area contributed by atoms with Gasteiger partial charge in [0.2, 0.25) is 0 Å². The highest BCUT2D eigenvalue weighted by molar-refractivity contribution is 6.10. The van der Waals surface area contributed by atoms with Gasteiger partial charge >= 0.3 is 0 Å². The summed E-state index contributed by atoms with van der Waals surface area (Å²) < 4.78 is 66.8. The molecule has 2 unspecified atom stereocenters. The van der Waals surface area contributed by atoms with Crippen LogP contribution in [-0.2, 0) is 0 Å². The molecule has 0 amide bonds. The molecule has 0 nitrogen and oxygen atoms in total. The molecule has 6 heteroatoms. The summed E-state index contributed by atoms with van der Waals surface area (Å²) in [5.41, 5.74) is -3.02. The zero-order chi connectivity index (χ0) is 13.4. The van der Waals surface area contributed by atoms with Crippen LogP contribution in [0.15, 0.2) is 35.0 Å². The van der Waals surface area contributed by atoms with Gasteiger partial charge in [-0.2, -0.15) is 0 Å². The first-order valence-electron chi connectivity index (χ1n) is 4.94. The smallest absolute Gasteiger partial charge is 0.196 e. The van der Waals surface area contributed by atoms with Crippen molar-refractivity contribution < 1.29 is 22.0 Å². The van der Waals surface area contributed by atoms with E-state index in [4.69, 9.17) is 7.85 Å². The first-order valence-corrected chi connectivity index (χ1v) is 4.94. The average Bonchev–Trinajstić information content (AvgIpc) is 2.30. The van der Waals surface area contributed by atoms with Crippen molar-refractivity contribution in [1.82, 2.24) is 0 Å². The van der Waals surface area contributed by atoms with Gasteiger partial charge in [-0.05, 0) is 13.8 Å². The van der Waals surface area contributed by atoms with E-state index in [1.165, 1.54) is 13.0 Å². The average molecular weight is 248 g/mol. The van der Waals surface area contributed by atoms with E-state index < -0.39 is 34.9 Å². The first-order chi connectivity index (χ1) is 7.78. The van der Waals surface area contributed by atoms with Crippen LogP contribution in [0.4, 0.5) is 22.0 Å². The molecule has 92 valence electrons. The third-order valence-corrected chi connectivity index (χ3v) is 2.80. The second-order valence-electron chi connectivity index (χ2n) is 3.87. The van der Waals surface area contributed by atoms with Crippen LogP contribution in [0, 0.1) is 5.92 Å². The summed E-state index contributed by atoms with van der Waals surface area (Å²) in [5.74, 6) is -9.62. The van der Waals surface area contributed by atoms with Gasteiger partial charge in [-0.3, -0.25) is 0 Å². The maximum atomic E-state index is 14.0. The van der Waals surface area contributed by atoms with Gasteiger partial charge in [-0.25, -0.2) is 22.0 Å². The van der Waals surface area contributed by atoms with Gasteiger partial charge in [0.1, 0.15) is 5.83 Å². The first kappa shape index (κ1) is 14.0. The molecule has 2 atom stereocenters. The molecule has 2 radical (unpaired) electrons. The summed E-state index contributed by atoms with van der Waals surface area (Å²) in [7, 11) is 5.24. The molecule has 0 aromatic heterocycles. The Balaban J connectivity index is 3.43. The van der Waals surface area contributed by atoms with E-state index >= 15 is 0 Å². The summed E-state index contributed by atoms with van der Waals surface area (Å²) in [6.45, 7) is 2.08. The zero-order valence-corrected chi connectivity index (χ0v) is 9.33. The van der Waals surface area contributed by atoms with Crippen molar-refractivity contribution >= 4 is 7.85 Å². The molecule has 0 aromatic carbocycles. The molecule has 0 saturated heterocycles. The largest absolute Gasteiger partial charge is 0.235 e. The lowest BCUT2D eigenvalue weighted by Crippen LogP contribution is -2.36. The quantitative estimate of drug-likeness (QED) is 0.390. The van der Waals surface area contributed by atoms with Crippen molar-refractivity contribution in [3.8, 4) is 0 Å². The molecule has 0 saturated carbocycles. The van der Waals surface area contributed by atoms with E-state index in [1.807, 2.05) is 0 Å². The van der Waals surface area contributed by atoms with Crippen molar-refractivity contribution in [1.29, 1.82) is 0 Å². The van der Waals surface area contributed by atoms with E-state index in [0.29, 0.717) is 6.92 Å². The number of hydrogen-bond acceptors (Lipinski definition) is 0. The maximum Gasteiger partial charge on any atom is 0.196 e. The van der Waals surface area contributed by atoms with Crippen LogP contribution in [0.2, 0.25) is 6.32 Å². The van der Waals surface area contributed by atoms with Gasteiger partial charge in [0.05, 0.1) is 13.8 Å². The van der Waals surface area contributed by atoms with Crippen LogP contribution in [0.5, 0.6) is 0 Å². The van der Waals surface area contributed by atoms with Crippen LogP contribution in [0.25, 0.3) is 0 Å². The molecular weight excluding hydrogens is 238 g/mol. The SMILES string of the molecule is [B]C/C(=C/C)C1C(F)=C(F)C(F)=C(F)C1(C)F. The lowest BCUT2D eigenvalue weighted by Gasteiger charge is -2.33. The van der Waals surface area contributed by atoms with Crippen molar-refractivity contribution in [2.75, 3.05) is 0 Å². The molecule has 1 rings (SSSR count). The molecule has 1 aliphatic rings. The predicted octanol–water partition coefficient (Wildman–Crippen LogP) is 4.18. The Morgan fingerprint density at radius 1 is 1.29 bits per heavy atom. The standard InChI is InChI=1S/C11H10BF5/c1-3-5(4-12)6-7(13)8(14)9(15)10(16)11(6,2)17/h3,6H,4H2,1-2H3/b5-3-. The van der Waals surface area contributed by atoms with Gasteiger partial charge in [0.25, 0.3) is 0 Å². The fourth-order valence-corrected chi connectivity index (χ4v) is 1.82. The topological polar surface area (TPSA) is 0 Å². The summed E-state index contributed by atoms with van der Waals surface area (Å²) in [6, 6.07) is 0. The van der Waals surface area contributed by atoms with Crippen LogP contribution >= 0.6 is 0 Å². The third-order valence-electron chi connectivity index (χ3n) is 2.80. The maximum absolute atomic E-state index is 14.0. The monoisotopic (exact) mass is 248 g/mol. The minimum Gasteiger partial charge on any atom is -0.235 e. The lowest BCUT2D eigenvalue weighted by atomic mass is 9.75. The van der Waals surface area contributed by atoms with Crippen LogP contribution in [0.1, 0.15) is 13.8 Å². The third kappa shape index (κ3) is 2.05. The van der Waals surface area contributed by atoms with Crippen molar-refractivity contribution in [2.45, 2.75) is 25.8 Å². The summed E-state index contributed by atoms with van der Waals surface area (Å²) in [4.78, 5) is 0. The molecule has 17 heavy (non-hydrogen) atoms. The van der Waals surface area contributed by atoms with E-state index in [2.05, 4.69) is 0 Å².